The molecule has 0 saturated carbocycles. The first-order valence-corrected chi connectivity index (χ1v) is 8.55. The van der Waals surface area contributed by atoms with Gasteiger partial charge < -0.3 is 19.7 Å². The Labute approximate surface area is 157 Å². The quantitative estimate of drug-likeness (QED) is 0.740. The van der Waals surface area contributed by atoms with Gasteiger partial charge in [0.1, 0.15) is 12.4 Å². The molecular formula is C19H21ClN2O4. The van der Waals surface area contributed by atoms with E-state index in [4.69, 9.17) is 21.1 Å². The van der Waals surface area contributed by atoms with E-state index < -0.39 is 0 Å². The number of anilines is 1. The number of esters is 1. The molecule has 0 radical (unpaired) electrons. The molecule has 0 aliphatic heterocycles. The fourth-order valence-electron chi connectivity index (χ4n) is 2.06. The fraction of sp³-hybridized carbons (Fsp3) is 0.263. The SMILES string of the molecule is CCOC(=O)c1ccc(NC(=O)N(C)CCOc2ccc(Cl)cc2)cc1. The molecule has 138 valence electrons. The van der Waals surface area contributed by atoms with Crippen LogP contribution in [0.5, 0.6) is 5.75 Å². The Hall–Kier alpha value is -2.73. The van der Waals surface area contributed by atoms with Crippen molar-refractivity contribution in [3.05, 3.63) is 59.1 Å². The molecule has 7 heteroatoms. The third-order valence-corrected chi connectivity index (χ3v) is 3.76. The maximum atomic E-state index is 12.2. The topological polar surface area (TPSA) is 67.9 Å². The number of nitrogens with one attached hydrogen (secondary N) is 1. The number of carbonyl (C=O) groups is 2. The van der Waals surface area contributed by atoms with Crippen LogP contribution < -0.4 is 10.1 Å². The Morgan fingerprint density at radius 1 is 1.08 bits per heavy atom. The summed E-state index contributed by atoms with van der Waals surface area (Å²) in [5.74, 6) is 0.305. The van der Waals surface area contributed by atoms with Crippen LogP contribution in [0, 0.1) is 0 Å². The molecule has 0 saturated heterocycles. The molecule has 0 atom stereocenters. The number of rotatable bonds is 7. The van der Waals surface area contributed by atoms with E-state index in [1.54, 1.807) is 62.5 Å². The normalized spacial score (nSPS) is 10.1. The molecule has 2 rings (SSSR count). The first kappa shape index (κ1) is 19.6. The van der Waals surface area contributed by atoms with E-state index in [2.05, 4.69) is 5.32 Å². The number of urea groups is 1. The van der Waals surface area contributed by atoms with Gasteiger partial charge in [-0.05, 0) is 55.5 Å². The minimum Gasteiger partial charge on any atom is -0.492 e. The van der Waals surface area contributed by atoms with E-state index in [0.29, 0.717) is 41.8 Å². The fourth-order valence-corrected chi connectivity index (χ4v) is 2.18. The summed E-state index contributed by atoms with van der Waals surface area (Å²) in [5, 5.41) is 3.40. The molecule has 0 spiro atoms. The Kier molecular flexibility index (Phi) is 7.29. The van der Waals surface area contributed by atoms with Crippen LogP contribution in [0.4, 0.5) is 10.5 Å². The van der Waals surface area contributed by atoms with E-state index in [1.807, 2.05) is 0 Å². The predicted molar refractivity (Wildman–Crippen MR) is 101 cm³/mol. The van der Waals surface area contributed by atoms with Crippen LogP contribution in [0.25, 0.3) is 0 Å². The number of hydrogen-bond donors (Lipinski definition) is 1. The van der Waals surface area contributed by atoms with Crippen molar-refractivity contribution >= 4 is 29.3 Å². The number of nitrogens with zero attached hydrogens (tertiary/aromatic N) is 1. The first-order chi connectivity index (χ1) is 12.5. The van der Waals surface area contributed by atoms with Crippen molar-refractivity contribution in [1.82, 2.24) is 4.90 Å². The standard InChI is InChI=1S/C19H21ClN2O4/c1-3-25-18(23)14-4-8-16(9-5-14)21-19(24)22(2)12-13-26-17-10-6-15(20)7-11-17/h4-11H,3,12-13H2,1-2H3,(H,21,24). The van der Waals surface area contributed by atoms with Gasteiger partial charge in [0.15, 0.2) is 0 Å². The Balaban J connectivity index is 1.79. The van der Waals surface area contributed by atoms with Crippen LogP contribution >= 0.6 is 11.6 Å². The highest BCUT2D eigenvalue weighted by atomic mass is 35.5. The first-order valence-electron chi connectivity index (χ1n) is 8.17. The highest BCUT2D eigenvalue weighted by Gasteiger charge is 2.10. The zero-order valence-corrected chi connectivity index (χ0v) is 15.5. The van der Waals surface area contributed by atoms with E-state index >= 15 is 0 Å². The lowest BCUT2D eigenvalue weighted by Crippen LogP contribution is -2.34. The van der Waals surface area contributed by atoms with Crippen molar-refractivity contribution in [3.63, 3.8) is 0 Å². The lowest BCUT2D eigenvalue weighted by molar-refractivity contribution is 0.0526. The molecule has 2 amide bonds. The molecule has 0 heterocycles. The second-order valence-corrected chi connectivity index (χ2v) is 5.89. The number of hydrogen-bond acceptors (Lipinski definition) is 4. The Morgan fingerprint density at radius 2 is 1.73 bits per heavy atom. The third kappa shape index (κ3) is 5.97. The highest BCUT2D eigenvalue weighted by Crippen LogP contribution is 2.15. The molecule has 6 nitrogen and oxygen atoms in total. The van der Waals surface area contributed by atoms with Crippen LogP contribution in [0.2, 0.25) is 5.02 Å². The van der Waals surface area contributed by atoms with Gasteiger partial charge >= 0.3 is 12.0 Å². The molecule has 0 unspecified atom stereocenters. The summed E-state index contributed by atoms with van der Waals surface area (Å²) >= 11 is 5.82. The number of carbonyl (C=O) groups excluding carboxylic acids is 2. The van der Waals surface area contributed by atoms with Gasteiger partial charge in [-0.3, -0.25) is 0 Å². The zero-order chi connectivity index (χ0) is 18.9. The monoisotopic (exact) mass is 376 g/mol. The van der Waals surface area contributed by atoms with Gasteiger partial charge in [-0.25, -0.2) is 9.59 Å². The van der Waals surface area contributed by atoms with Gasteiger partial charge in [-0.1, -0.05) is 11.6 Å². The molecule has 0 aliphatic carbocycles. The summed E-state index contributed by atoms with van der Waals surface area (Å²) in [6, 6.07) is 13.3. The van der Waals surface area contributed by atoms with Gasteiger partial charge in [0.2, 0.25) is 0 Å². The number of amides is 2. The van der Waals surface area contributed by atoms with Gasteiger partial charge in [-0.2, -0.15) is 0 Å². The molecule has 0 aromatic heterocycles. The largest absolute Gasteiger partial charge is 0.492 e. The molecule has 0 aliphatic rings. The number of likely N-dealkylation sites (N-methyl/N-ethyl adjacent to an activating group) is 1. The predicted octanol–water partition coefficient (Wildman–Crippen LogP) is 4.06. The molecule has 26 heavy (non-hydrogen) atoms. The van der Waals surface area contributed by atoms with Gasteiger partial charge in [0, 0.05) is 17.8 Å². The Morgan fingerprint density at radius 3 is 2.35 bits per heavy atom. The van der Waals surface area contributed by atoms with Crippen molar-refractivity contribution in [2.75, 3.05) is 32.1 Å². The minimum absolute atomic E-state index is 0.270. The molecular weight excluding hydrogens is 356 g/mol. The van der Waals surface area contributed by atoms with Crippen molar-refractivity contribution in [2.24, 2.45) is 0 Å². The van der Waals surface area contributed by atoms with Crippen molar-refractivity contribution in [2.45, 2.75) is 6.92 Å². The number of ether oxygens (including phenoxy) is 2. The van der Waals surface area contributed by atoms with Crippen LogP contribution in [-0.2, 0) is 4.74 Å². The summed E-state index contributed by atoms with van der Waals surface area (Å²) in [7, 11) is 1.67. The second kappa shape index (κ2) is 9.68. The maximum absolute atomic E-state index is 12.2. The van der Waals surface area contributed by atoms with E-state index in [9.17, 15) is 9.59 Å². The average Bonchev–Trinajstić information content (AvgIpc) is 2.64. The van der Waals surface area contributed by atoms with E-state index in [1.165, 1.54) is 4.90 Å². The van der Waals surface area contributed by atoms with Crippen molar-refractivity contribution in [3.8, 4) is 5.75 Å². The summed E-state index contributed by atoms with van der Waals surface area (Å²) in [5.41, 5.74) is 1.03. The van der Waals surface area contributed by atoms with Crippen LogP contribution in [0.1, 0.15) is 17.3 Å². The van der Waals surface area contributed by atoms with E-state index in [-0.39, 0.29) is 12.0 Å². The number of benzene rings is 2. The molecule has 0 fully saturated rings. The third-order valence-electron chi connectivity index (χ3n) is 3.50. The van der Waals surface area contributed by atoms with Crippen molar-refractivity contribution < 1.29 is 19.1 Å². The van der Waals surface area contributed by atoms with Crippen molar-refractivity contribution in [1.29, 1.82) is 0 Å². The van der Waals surface area contributed by atoms with Crippen LogP contribution in [0.15, 0.2) is 48.5 Å². The highest BCUT2D eigenvalue weighted by molar-refractivity contribution is 6.30. The molecule has 2 aromatic rings. The van der Waals surface area contributed by atoms with Gasteiger partial charge in [0.05, 0.1) is 18.7 Å². The average molecular weight is 377 g/mol. The maximum Gasteiger partial charge on any atom is 0.338 e. The second-order valence-electron chi connectivity index (χ2n) is 5.45. The zero-order valence-electron chi connectivity index (χ0n) is 14.7. The van der Waals surface area contributed by atoms with Gasteiger partial charge in [-0.15, -0.1) is 0 Å². The summed E-state index contributed by atoms with van der Waals surface area (Å²) in [4.78, 5) is 25.3. The molecule has 1 N–H and O–H groups in total. The lowest BCUT2D eigenvalue weighted by Gasteiger charge is -2.18. The number of halogens is 1. The summed E-state index contributed by atoms with van der Waals surface area (Å²) < 4.78 is 10.5. The summed E-state index contributed by atoms with van der Waals surface area (Å²) in [6.07, 6.45) is 0. The van der Waals surface area contributed by atoms with Crippen LogP contribution in [0.3, 0.4) is 0 Å². The Bertz CT molecular complexity index is 732. The molecule has 2 aromatic carbocycles. The smallest absolute Gasteiger partial charge is 0.338 e. The van der Waals surface area contributed by atoms with E-state index in [0.717, 1.165) is 0 Å². The van der Waals surface area contributed by atoms with Gasteiger partial charge in [0.25, 0.3) is 0 Å². The van der Waals surface area contributed by atoms with Crippen LogP contribution in [-0.4, -0.2) is 43.7 Å². The summed E-state index contributed by atoms with van der Waals surface area (Å²) in [6.45, 7) is 2.84. The lowest BCUT2D eigenvalue weighted by atomic mass is 10.2. The molecule has 0 bridgehead atoms. The minimum atomic E-state index is -0.387.